The summed E-state index contributed by atoms with van der Waals surface area (Å²) in [5, 5.41) is 17.2. The molecule has 1 aromatic carbocycles. The standard InChI is InChI=1S/C18H21N3O7/c1-10-14(11(2)28-20-10)6-8-17(22)27-12(3)18(23)19-15-7-5-13(21(24)25)9-16(15)26-4/h5,7,9,12H,6,8H2,1-4H3,(H,19,23)/t12-/m0/s1. The molecular formula is C18H21N3O7. The van der Waals surface area contributed by atoms with E-state index in [2.05, 4.69) is 10.5 Å². The van der Waals surface area contributed by atoms with E-state index in [1.54, 1.807) is 13.8 Å². The SMILES string of the molecule is COc1cc([N+](=O)[O-])ccc1NC(=O)[C@H](C)OC(=O)CCc1c(C)noc1C. The third-order valence-electron chi connectivity index (χ3n) is 4.09. The molecule has 1 N–H and O–H groups in total. The molecule has 28 heavy (non-hydrogen) atoms. The van der Waals surface area contributed by atoms with Crippen molar-refractivity contribution in [3.63, 3.8) is 0 Å². The van der Waals surface area contributed by atoms with Gasteiger partial charge < -0.3 is 19.3 Å². The van der Waals surface area contributed by atoms with E-state index in [1.807, 2.05) is 0 Å². The van der Waals surface area contributed by atoms with Crippen LogP contribution in [0, 0.1) is 24.0 Å². The van der Waals surface area contributed by atoms with Gasteiger partial charge in [-0.05, 0) is 33.3 Å². The van der Waals surface area contributed by atoms with Crippen LogP contribution >= 0.6 is 0 Å². The number of non-ortho nitro benzene ring substituents is 1. The van der Waals surface area contributed by atoms with Crippen LogP contribution in [0.3, 0.4) is 0 Å². The minimum absolute atomic E-state index is 0.0708. The smallest absolute Gasteiger partial charge is 0.306 e. The van der Waals surface area contributed by atoms with Gasteiger partial charge in [0.2, 0.25) is 0 Å². The van der Waals surface area contributed by atoms with Crippen LogP contribution in [0.15, 0.2) is 22.7 Å². The first kappa shape index (κ1) is 20.9. The summed E-state index contributed by atoms with van der Waals surface area (Å²) >= 11 is 0. The lowest BCUT2D eigenvalue weighted by molar-refractivity contribution is -0.384. The van der Waals surface area contributed by atoms with Crippen molar-refractivity contribution in [3.05, 3.63) is 45.3 Å². The predicted octanol–water partition coefficient (Wildman–Crippen LogP) is 2.71. The van der Waals surface area contributed by atoms with Crippen LogP contribution in [0.1, 0.15) is 30.4 Å². The maximum Gasteiger partial charge on any atom is 0.306 e. The summed E-state index contributed by atoms with van der Waals surface area (Å²) in [6.45, 7) is 4.97. The summed E-state index contributed by atoms with van der Waals surface area (Å²) in [6, 6.07) is 3.77. The highest BCUT2D eigenvalue weighted by molar-refractivity contribution is 5.96. The Morgan fingerprint density at radius 3 is 2.64 bits per heavy atom. The second-order valence-corrected chi connectivity index (χ2v) is 6.07. The fourth-order valence-corrected chi connectivity index (χ4v) is 2.53. The van der Waals surface area contributed by atoms with Crippen LogP contribution in [0.4, 0.5) is 11.4 Å². The molecule has 1 amide bonds. The normalized spacial score (nSPS) is 11.6. The Kier molecular flexibility index (Phi) is 6.69. The fraction of sp³-hybridized carbons (Fsp3) is 0.389. The van der Waals surface area contributed by atoms with Gasteiger partial charge in [-0.2, -0.15) is 0 Å². The molecule has 0 radical (unpaired) electrons. The van der Waals surface area contributed by atoms with Crippen LogP contribution in [0.25, 0.3) is 0 Å². The van der Waals surface area contributed by atoms with Crippen LogP contribution < -0.4 is 10.1 Å². The fourth-order valence-electron chi connectivity index (χ4n) is 2.53. The van der Waals surface area contributed by atoms with Crippen molar-refractivity contribution in [2.45, 2.75) is 39.7 Å². The molecule has 0 fully saturated rings. The summed E-state index contributed by atoms with van der Waals surface area (Å²) in [4.78, 5) is 34.5. The number of nitro groups is 1. The molecule has 1 atom stereocenters. The summed E-state index contributed by atoms with van der Waals surface area (Å²) in [6.07, 6.45) is -0.594. The van der Waals surface area contributed by atoms with Crippen molar-refractivity contribution in [1.82, 2.24) is 5.16 Å². The lowest BCUT2D eigenvalue weighted by Gasteiger charge is -2.15. The maximum absolute atomic E-state index is 12.3. The van der Waals surface area contributed by atoms with Gasteiger partial charge in [0.25, 0.3) is 11.6 Å². The number of nitro benzene ring substituents is 1. The Labute approximate surface area is 160 Å². The highest BCUT2D eigenvalue weighted by Crippen LogP contribution is 2.29. The first-order valence-corrected chi connectivity index (χ1v) is 8.47. The average Bonchev–Trinajstić information content (AvgIpc) is 2.97. The molecule has 2 rings (SSSR count). The van der Waals surface area contributed by atoms with Crippen LogP contribution in [-0.4, -0.2) is 35.2 Å². The van der Waals surface area contributed by atoms with Crippen molar-refractivity contribution in [3.8, 4) is 5.75 Å². The van der Waals surface area contributed by atoms with Gasteiger partial charge in [0.05, 0.1) is 29.5 Å². The van der Waals surface area contributed by atoms with E-state index in [4.69, 9.17) is 14.0 Å². The zero-order valence-electron chi connectivity index (χ0n) is 16.0. The molecule has 0 aliphatic rings. The molecule has 0 spiro atoms. The molecule has 2 aromatic rings. The molecule has 10 nitrogen and oxygen atoms in total. The van der Waals surface area contributed by atoms with Gasteiger partial charge in [-0.1, -0.05) is 5.16 Å². The van der Waals surface area contributed by atoms with Gasteiger partial charge in [0, 0.05) is 18.1 Å². The van der Waals surface area contributed by atoms with Crippen LogP contribution in [-0.2, 0) is 20.7 Å². The number of amides is 1. The van der Waals surface area contributed by atoms with E-state index in [0.29, 0.717) is 17.9 Å². The Balaban J connectivity index is 1.93. The molecule has 0 unspecified atom stereocenters. The monoisotopic (exact) mass is 391 g/mol. The topological polar surface area (TPSA) is 134 Å². The molecular weight excluding hydrogens is 370 g/mol. The number of benzene rings is 1. The van der Waals surface area contributed by atoms with Crippen molar-refractivity contribution >= 4 is 23.3 Å². The third kappa shape index (κ3) is 5.06. The zero-order valence-corrected chi connectivity index (χ0v) is 16.0. The Morgan fingerprint density at radius 1 is 1.36 bits per heavy atom. The number of hydrogen-bond acceptors (Lipinski definition) is 8. The van der Waals surface area contributed by atoms with Gasteiger partial charge in [-0.15, -0.1) is 0 Å². The third-order valence-corrected chi connectivity index (χ3v) is 4.09. The Hall–Kier alpha value is -3.43. The minimum atomic E-state index is -1.06. The lowest BCUT2D eigenvalue weighted by atomic mass is 10.1. The number of nitrogens with one attached hydrogen (secondary N) is 1. The highest BCUT2D eigenvalue weighted by atomic mass is 16.6. The molecule has 0 saturated heterocycles. The number of nitrogens with zero attached hydrogens (tertiary/aromatic N) is 2. The molecule has 1 aromatic heterocycles. The highest BCUT2D eigenvalue weighted by Gasteiger charge is 2.21. The van der Waals surface area contributed by atoms with Gasteiger partial charge in [0.15, 0.2) is 6.10 Å². The lowest BCUT2D eigenvalue weighted by Crippen LogP contribution is -2.30. The molecule has 0 bridgehead atoms. The molecule has 0 aliphatic carbocycles. The molecule has 0 aliphatic heterocycles. The van der Waals surface area contributed by atoms with E-state index in [1.165, 1.54) is 32.2 Å². The molecule has 1 heterocycles. The van der Waals surface area contributed by atoms with Crippen molar-refractivity contribution < 1.29 is 28.5 Å². The van der Waals surface area contributed by atoms with E-state index in [-0.39, 0.29) is 23.5 Å². The van der Waals surface area contributed by atoms with Gasteiger partial charge >= 0.3 is 5.97 Å². The predicted molar refractivity (Wildman–Crippen MR) is 98.1 cm³/mol. The second kappa shape index (κ2) is 8.98. The van der Waals surface area contributed by atoms with Gasteiger partial charge in [-0.25, -0.2) is 0 Å². The Bertz CT molecular complexity index is 872. The number of ether oxygens (including phenoxy) is 2. The number of methoxy groups -OCH3 is 1. The largest absolute Gasteiger partial charge is 0.494 e. The summed E-state index contributed by atoms with van der Waals surface area (Å²) < 4.78 is 15.2. The van der Waals surface area contributed by atoms with E-state index < -0.39 is 22.9 Å². The maximum atomic E-state index is 12.3. The van der Waals surface area contributed by atoms with Crippen molar-refractivity contribution in [2.75, 3.05) is 12.4 Å². The molecule has 10 heteroatoms. The number of anilines is 1. The quantitative estimate of drug-likeness (QED) is 0.412. The van der Waals surface area contributed by atoms with Crippen LogP contribution in [0.5, 0.6) is 5.75 Å². The van der Waals surface area contributed by atoms with Gasteiger partial charge in [0.1, 0.15) is 11.5 Å². The van der Waals surface area contributed by atoms with E-state index >= 15 is 0 Å². The molecule has 150 valence electrons. The second-order valence-electron chi connectivity index (χ2n) is 6.07. The zero-order chi connectivity index (χ0) is 20.8. The average molecular weight is 391 g/mol. The first-order valence-electron chi connectivity index (χ1n) is 8.47. The van der Waals surface area contributed by atoms with E-state index in [0.717, 1.165) is 5.56 Å². The van der Waals surface area contributed by atoms with Crippen molar-refractivity contribution in [1.29, 1.82) is 0 Å². The number of aromatic nitrogens is 1. The summed E-state index contributed by atoms with van der Waals surface area (Å²) in [5.74, 6) is -0.364. The Morgan fingerprint density at radius 2 is 2.07 bits per heavy atom. The van der Waals surface area contributed by atoms with Crippen molar-refractivity contribution in [2.24, 2.45) is 0 Å². The molecule has 0 saturated carbocycles. The number of aryl methyl sites for hydroxylation is 2. The number of esters is 1. The van der Waals surface area contributed by atoms with E-state index in [9.17, 15) is 19.7 Å². The number of carbonyl (C=O) groups excluding carboxylic acids is 2. The van der Waals surface area contributed by atoms with Gasteiger partial charge in [-0.3, -0.25) is 19.7 Å². The number of hydrogen-bond donors (Lipinski definition) is 1. The first-order chi connectivity index (χ1) is 13.2. The minimum Gasteiger partial charge on any atom is -0.494 e. The van der Waals surface area contributed by atoms with Crippen LogP contribution in [0.2, 0.25) is 0 Å². The number of carbonyl (C=O) groups is 2. The number of rotatable bonds is 8. The summed E-state index contributed by atoms with van der Waals surface area (Å²) in [5.41, 5.74) is 1.61. The summed E-state index contributed by atoms with van der Waals surface area (Å²) in [7, 11) is 1.33.